The van der Waals surface area contributed by atoms with Gasteiger partial charge in [-0.1, -0.05) is 20.8 Å². The molecule has 0 aromatic heterocycles. The number of anilines is 1. The van der Waals surface area contributed by atoms with Crippen LogP contribution in [0.3, 0.4) is 0 Å². The van der Waals surface area contributed by atoms with E-state index >= 15 is 0 Å². The van der Waals surface area contributed by atoms with E-state index in [1.165, 1.54) is 29.6 Å². The van der Waals surface area contributed by atoms with Gasteiger partial charge in [-0.05, 0) is 17.5 Å². The van der Waals surface area contributed by atoms with Gasteiger partial charge in [0.25, 0.3) is 0 Å². The number of benzene rings is 1. The number of sulfonamides is 1. The summed E-state index contributed by atoms with van der Waals surface area (Å²) < 4.78 is 31.2. The first-order chi connectivity index (χ1) is 8.58. The maximum absolute atomic E-state index is 12.4. The first kappa shape index (κ1) is 15.8. The molecule has 0 aliphatic heterocycles. The van der Waals surface area contributed by atoms with Crippen LogP contribution in [0.1, 0.15) is 20.8 Å². The Morgan fingerprint density at radius 2 is 1.89 bits per heavy atom. The number of hydrogen-bond donors (Lipinski definition) is 1. The summed E-state index contributed by atoms with van der Waals surface area (Å²) in [6.07, 6.45) is 0. The minimum absolute atomic E-state index is 0.111. The minimum atomic E-state index is -3.52. The van der Waals surface area contributed by atoms with Crippen LogP contribution in [0.25, 0.3) is 0 Å². The number of nitrogens with two attached hydrogens (primary N) is 1. The maximum atomic E-state index is 12.4. The number of rotatable bonds is 4. The molecule has 108 valence electrons. The van der Waals surface area contributed by atoms with Crippen molar-refractivity contribution in [2.45, 2.75) is 25.7 Å². The summed E-state index contributed by atoms with van der Waals surface area (Å²) >= 11 is 0. The van der Waals surface area contributed by atoms with E-state index in [1.54, 1.807) is 7.05 Å². The van der Waals surface area contributed by atoms with Crippen molar-refractivity contribution in [2.75, 3.05) is 26.4 Å². The zero-order chi connectivity index (χ0) is 14.8. The number of nitrogens with zero attached hydrogens (tertiary/aromatic N) is 1. The van der Waals surface area contributed by atoms with Crippen LogP contribution in [-0.4, -0.2) is 33.4 Å². The summed E-state index contributed by atoms with van der Waals surface area (Å²) in [6.45, 7) is 6.40. The van der Waals surface area contributed by atoms with Crippen molar-refractivity contribution in [2.24, 2.45) is 5.41 Å². The zero-order valence-corrected chi connectivity index (χ0v) is 12.9. The van der Waals surface area contributed by atoms with E-state index in [0.29, 0.717) is 18.0 Å². The molecule has 0 spiro atoms. The molecule has 6 heteroatoms. The lowest BCUT2D eigenvalue weighted by molar-refractivity contribution is 0.310. The summed E-state index contributed by atoms with van der Waals surface area (Å²) in [5.74, 6) is 0.366. The number of hydrogen-bond acceptors (Lipinski definition) is 4. The number of methoxy groups -OCH3 is 1. The molecule has 0 heterocycles. The highest BCUT2D eigenvalue weighted by atomic mass is 32.2. The first-order valence-electron chi connectivity index (χ1n) is 5.98. The highest BCUT2D eigenvalue weighted by molar-refractivity contribution is 7.89. The normalized spacial score (nSPS) is 12.7. The molecule has 0 unspecified atom stereocenters. The predicted octanol–water partition coefficient (Wildman–Crippen LogP) is 1.94. The Balaban J connectivity index is 3.13. The van der Waals surface area contributed by atoms with Crippen LogP contribution >= 0.6 is 0 Å². The van der Waals surface area contributed by atoms with Gasteiger partial charge < -0.3 is 10.5 Å². The van der Waals surface area contributed by atoms with E-state index in [9.17, 15) is 8.42 Å². The molecule has 5 nitrogen and oxygen atoms in total. The lowest BCUT2D eigenvalue weighted by atomic mass is 9.97. The molecule has 0 saturated heterocycles. The van der Waals surface area contributed by atoms with Gasteiger partial charge in [0.05, 0.1) is 17.7 Å². The van der Waals surface area contributed by atoms with Crippen molar-refractivity contribution in [3.05, 3.63) is 18.2 Å². The van der Waals surface area contributed by atoms with Crippen LogP contribution < -0.4 is 10.5 Å². The molecule has 2 N–H and O–H groups in total. The van der Waals surface area contributed by atoms with Crippen molar-refractivity contribution in [3.8, 4) is 5.75 Å². The third-order valence-corrected chi connectivity index (χ3v) is 4.41. The summed E-state index contributed by atoms with van der Waals surface area (Å²) in [4.78, 5) is 0.185. The lowest BCUT2D eigenvalue weighted by Crippen LogP contribution is -2.34. The molecule has 0 atom stereocenters. The second-order valence-corrected chi connectivity index (χ2v) is 7.77. The minimum Gasteiger partial charge on any atom is -0.495 e. The van der Waals surface area contributed by atoms with Crippen molar-refractivity contribution in [1.29, 1.82) is 0 Å². The van der Waals surface area contributed by atoms with E-state index in [0.717, 1.165) is 0 Å². The molecule has 1 aromatic carbocycles. The number of nitrogen functional groups attached to an aromatic ring is 1. The Morgan fingerprint density at radius 1 is 1.32 bits per heavy atom. The highest BCUT2D eigenvalue weighted by Crippen LogP contribution is 2.27. The fraction of sp³-hybridized carbons (Fsp3) is 0.538. The Hall–Kier alpha value is -1.27. The van der Waals surface area contributed by atoms with Crippen molar-refractivity contribution in [3.63, 3.8) is 0 Å². The Morgan fingerprint density at radius 3 is 2.37 bits per heavy atom. The SMILES string of the molecule is COc1cc(S(=O)(=O)N(C)CC(C)(C)C)ccc1N. The summed E-state index contributed by atoms with van der Waals surface area (Å²) in [5, 5.41) is 0. The van der Waals surface area contributed by atoms with Crippen LogP contribution in [0.15, 0.2) is 23.1 Å². The van der Waals surface area contributed by atoms with Gasteiger partial charge in [-0.3, -0.25) is 0 Å². The van der Waals surface area contributed by atoms with Gasteiger partial charge in [0.15, 0.2) is 0 Å². The third kappa shape index (κ3) is 3.84. The largest absolute Gasteiger partial charge is 0.495 e. The van der Waals surface area contributed by atoms with Gasteiger partial charge in [0.2, 0.25) is 10.0 Å². The van der Waals surface area contributed by atoms with E-state index in [-0.39, 0.29) is 10.3 Å². The fourth-order valence-electron chi connectivity index (χ4n) is 1.78. The zero-order valence-electron chi connectivity index (χ0n) is 12.1. The second-order valence-electron chi connectivity index (χ2n) is 5.73. The third-order valence-electron chi connectivity index (χ3n) is 2.61. The quantitative estimate of drug-likeness (QED) is 0.859. The Bertz CT molecular complexity index is 547. The fourth-order valence-corrected chi connectivity index (χ4v) is 3.20. The average molecular weight is 286 g/mol. The van der Waals surface area contributed by atoms with Crippen LogP contribution in [0.4, 0.5) is 5.69 Å². The molecule has 0 fully saturated rings. The molecular weight excluding hydrogens is 264 g/mol. The molecule has 1 aromatic rings. The molecule has 0 aliphatic carbocycles. The van der Waals surface area contributed by atoms with E-state index in [2.05, 4.69) is 0 Å². The monoisotopic (exact) mass is 286 g/mol. The van der Waals surface area contributed by atoms with E-state index < -0.39 is 10.0 Å². The molecule has 19 heavy (non-hydrogen) atoms. The lowest BCUT2D eigenvalue weighted by Gasteiger charge is -2.26. The molecule has 0 aliphatic rings. The van der Waals surface area contributed by atoms with Crippen LogP contribution in [0, 0.1) is 5.41 Å². The molecular formula is C13H22N2O3S. The summed E-state index contributed by atoms with van der Waals surface area (Å²) in [5.41, 5.74) is 5.99. The Kier molecular flexibility index (Phi) is 4.47. The summed E-state index contributed by atoms with van der Waals surface area (Å²) in [7, 11) is -0.492. The van der Waals surface area contributed by atoms with Crippen LogP contribution in [0.2, 0.25) is 0 Å². The summed E-state index contributed by atoms with van der Waals surface area (Å²) in [6, 6.07) is 4.48. The van der Waals surface area contributed by atoms with Gasteiger partial charge in [0.1, 0.15) is 5.75 Å². The van der Waals surface area contributed by atoms with Gasteiger partial charge in [0, 0.05) is 19.7 Å². The van der Waals surface area contributed by atoms with E-state index in [4.69, 9.17) is 10.5 Å². The standard InChI is InChI=1S/C13H22N2O3S/c1-13(2,3)9-15(4)19(16,17)10-6-7-11(14)12(8-10)18-5/h6-8H,9,14H2,1-5H3. The molecule has 0 bridgehead atoms. The predicted molar refractivity (Wildman–Crippen MR) is 76.7 cm³/mol. The van der Waals surface area contributed by atoms with Gasteiger partial charge >= 0.3 is 0 Å². The maximum Gasteiger partial charge on any atom is 0.242 e. The molecule has 0 saturated carbocycles. The number of ether oxygens (including phenoxy) is 1. The van der Waals surface area contributed by atoms with Gasteiger partial charge in [-0.2, -0.15) is 0 Å². The topological polar surface area (TPSA) is 72.6 Å². The second kappa shape index (κ2) is 5.38. The van der Waals surface area contributed by atoms with Crippen LogP contribution in [-0.2, 0) is 10.0 Å². The van der Waals surface area contributed by atoms with Gasteiger partial charge in [-0.25, -0.2) is 12.7 Å². The Labute approximate surface area is 115 Å². The smallest absolute Gasteiger partial charge is 0.242 e. The molecule has 0 radical (unpaired) electrons. The van der Waals surface area contributed by atoms with Crippen molar-refractivity contribution in [1.82, 2.24) is 4.31 Å². The molecule has 1 rings (SSSR count). The highest BCUT2D eigenvalue weighted by Gasteiger charge is 2.25. The van der Waals surface area contributed by atoms with Crippen molar-refractivity contribution < 1.29 is 13.2 Å². The molecule has 0 amide bonds. The van der Waals surface area contributed by atoms with Crippen molar-refractivity contribution >= 4 is 15.7 Å². The van der Waals surface area contributed by atoms with Crippen LogP contribution in [0.5, 0.6) is 5.75 Å². The first-order valence-corrected chi connectivity index (χ1v) is 7.42. The average Bonchev–Trinajstić information content (AvgIpc) is 2.27. The van der Waals surface area contributed by atoms with Gasteiger partial charge in [-0.15, -0.1) is 0 Å². The van der Waals surface area contributed by atoms with E-state index in [1.807, 2.05) is 20.8 Å².